The fourth-order valence-electron chi connectivity index (χ4n) is 2.71. The van der Waals surface area contributed by atoms with Gasteiger partial charge in [0, 0.05) is 16.8 Å². The molecule has 0 atom stereocenters. The predicted molar refractivity (Wildman–Crippen MR) is 123 cm³/mol. The molecular weight excluding hydrogens is 488 g/mol. The molecule has 0 aliphatic heterocycles. The minimum absolute atomic E-state index is 0.193. The molecule has 0 saturated carbocycles. The molecule has 0 aliphatic carbocycles. The summed E-state index contributed by atoms with van der Waals surface area (Å²) >= 11 is 10.1. The van der Waals surface area contributed by atoms with Crippen molar-refractivity contribution in [1.82, 2.24) is 25.1 Å². The van der Waals surface area contributed by atoms with Gasteiger partial charge < -0.3 is 10.1 Å². The lowest BCUT2D eigenvalue weighted by Gasteiger charge is -2.11. The average Bonchev–Trinajstić information content (AvgIpc) is 3.30. The Morgan fingerprint density at radius 3 is 2.80 bits per heavy atom. The van der Waals surface area contributed by atoms with Crippen LogP contribution in [0.3, 0.4) is 0 Å². The zero-order chi connectivity index (χ0) is 21.3. The summed E-state index contributed by atoms with van der Waals surface area (Å²) in [6, 6.07) is 12.6. The molecule has 2 heterocycles. The van der Waals surface area contributed by atoms with Crippen LogP contribution in [0.1, 0.15) is 16.2 Å². The van der Waals surface area contributed by atoms with Crippen LogP contribution in [-0.2, 0) is 0 Å². The molecule has 11 heteroatoms. The fourth-order valence-corrected chi connectivity index (χ4v) is 4.34. The number of amides is 1. The monoisotopic (exact) mass is 502 g/mol. The van der Waals surface area contributed by atoms with E-state index in [0.717, 1.165) is 27.0 Å². The number of nitrogens with zero attached hydrogens (tertiary/aromatic N) is 4. The van der Waals surface area contributed by atoms with Gasteiger partial charge in [0.25, 0.3) is 5.91 Å². The number of methoxy groups -OCH3 is 1. The third kappa shape index (κ3) is 4.18. The van der Waals surface area contributed by atoms with Crippen molar-refractivity contribution in [3.63, 3.8) is 0 Å². The van der Waals surface area contributed by atoms with Crippen molar-refractivity contribution in [3.8, 4) is 16.3 Å². The van der Waals surface area contributed by atoms with E-state index in [1.165, 1.54) is 11.3 Å². The van der Waals surface area contributed by atoms with E-state index >= 15 is 0 Å². The predicted octanol–water partition coefficient (Wildman–Crippen LogP) is 4.06. The lowest BCUT2D eigenvalue weighted by atomic mass is 10.2. The minimum atomic E-state index is -0.323. The second-order valence-electron chi connectivity index (χ2n) is 6.19. The van der Waals surface area contributed by atoms with E-state index in [-0.39, 0.29) is 11.0 Å². The van der Waals surface area contributed by atoms with E-state index in [9.17, 15) is 4.79 Å². The van der Waals surface area contributed by atoms with Crippen LogP contribution in [0.5, 0.6) is 5.75 Å². The molecule has 0 fully saturated rings. The molecular formula is C19H15BrN6O2S2. The van der Waals surface area contributed by atoms with Gasteiger partial charge in [-0.15, -0.1) is 10.2 Å². The highest BCUT2D eigenvalue weighted by atomic mass is 79.9. The largest absolute Gasteiger partial charge is 0.496 e. The van der Waals surface area contributed by atoms with Gasteiger partial charge in [-0.2, -0.15) is 9.61 Å². The molecule has 2 aromatic heterocycles. The molecule has 0 radical (unpaired) electrons. The third-order valence-corrected chi connectivity index (χ3v) is 5.93. The SMILES string of the molecule is COc1ccc(C(=O)NC(=S)Nc2cccc(-c3nn4c(C)nnc4s3)c2)cc1Br. The quantitative estimate of drug-likeness (QED) is 0.406. The number of anilines is 1. The van der Waals surface area contributed by atoms with Crippen LogP contribution in [-0.4, -0.2) is 37.9 Å². The zero-order valence-corrected chi connectivity index (χ0v) is 19.1. The van der Waals surface area contributed by atoms with Crippen molar-refractivity contribution < 1.29 is 9.53 Å². The summed E-state index contributed by atoms with van der Waals surface area (Å²) in [6.45, 7) is 1.85. The molecule has 0 spiro atoms. The molecule has 8 nitrogen and oxygen atoms in total. The first kappa shape index (κ1) is 20.4. The van der Waals surface area contributed by atoms with Gasteiger partial charge in [-0.25, -0.2) is 0 Å². The number of hydrogen-bond acceptors (Lipinski definition) is 7. The Bertz CT molecular complexity index is 1270. The lowest BCUT2D eigenvalue weighted by molar-refractivity contribution is 0.0977. The Hall–Kier alpha value is -2.89. The van der Waals surface area contributed by atoms with Crippen LogP contribution in [0.2, 0.25) is 0 Å². The van der Waals surface area contributed by atoms with Gasteiger partial charge in [-0.3, -0.25) is 10.1 Å². The summed E-state index contributed by atoms with van der Waals surface area (Å²) in [7, 11) is 1.56. The van der Waals surface area contributed by atoms with Gasteiger partial charge in [0.2, 0.25) is 4.96 Å². The van der Waals surface area contributed by atoms with Gasteiger partial charge in [0.1, 0.15) is 10.8 Å². The van der Waals surface area contributed by atoms with E-state index in [2.05, 4.69) is 41.9 Å². The van der Waals surface area contributed by atoms with Crippen LogP contribution in [0.25, 0.3) is 15.5 Å². The number of carbonyl (C=O) groups excluding carboxylic acids is 1. The molecule has 2 aromatic carbocycles. The number of thiocarbonyl (C=S) groups is 1. The van der Waals surface area contributed by atoms with Gasteiger partial charge >= 0.3 is 0 Å². The number of fused-ring (bicyclic) bond motifs is 1. The van der Waals surface area contributed by atoms with E-state index in [1.54, 1.807) is 29.8 Å². The lowest BCUT2D eigenvalue weighted by Crippen LogP contribution is -2.34. The van der Waals surface area contributed by atoms with Gasteiger partial charge in [-0.05, 0) is 65.4 Å². The molecule has 4 aromatic rings. The highest BCUT2D eigenvalue weighted by Gasteiger charge is 2.13. The Labute approximate surface area is 189 Å². The molecule has 0 bridgehead atoms. The molecule has 0 saturated heterocycles. The van der Waals surface area contributed by atoms with Gasteiger partial charge in [0.05, 0.1) is 11.6 Å². The second-order valence-corrected chi connectivity index (χ2v) is 8.41. The highest BCUT2D eigenvalue weighted by molar-refractivity contribution is 9.10. The van der Waals surface area contributed by atoms with Gasteiger partial charge in [-0.1, -0.05) is 23.5 Å². The van der Waals surface area contributed by atoms with E-state index in [1.807, 2.05) is 31.2 Å². The summed E-state index contributed by atoms with van der Waals surface area (Å²) < 4.78 is 7.57. The third-order valence-electron chi connectivity index (χ3n) is 4.16. The smallest absolute Gasteiger partial charge is 0.257 e. The van der Waals surface area contributed by atoms with Gasteiger partial charge in [0.15, 0.2) is 10.9 Å². The molecule has 0 unspecified atom stereocenters. The number of halogens is 1. The maximum absolute atomic E-state index is 12.5. The highest BCUT2D eigenvalue weighted by Crippen LogP contribution is 2.28. The number of hydrogen-bond donors (Lipinski definition) is 2. The Balaban J connectivity index is 1.46. The Kier molecular flexibility index (Phi) is 5.75. The molecule has 4 rings (SSSR count). The summed E-state index contributed by atoms with van der Waals surface area (Å²) in [4.78, 5) is 13.2. The standard InChI is InChI=1S/C19H15BrN6O2S2/c1-10-23-24-19-26(10)25-17(30-19)12-4-3-5-13(8-12)21-18(29)22-16(27)11-6-7-15(28-2)14(20)9-11/h3-9H,1-2H3,(H2,21,22,27,29). The Morgan fingerprint density at radius 1 is 1.23 bits per heavy atom. The van der Waals surface area contributed by atoms with Crippen LogP contribution < -0.4 is 15.4 Å². The first-order valence-electron chi connectivity index (χ1n) is 8.70. The summed E-state index contributed by atoms with van der Waals surface area (Å²) in [5, 5.41) is 19.3. The first-order valence-corrected chi connectivity index (χ1v) is 10.7. The van der Waals surface area contributed by atoms with Crippen molar-refractivity contribution in [1.29, 1.82) is 0 Å². The minimum Gasteiger partial charge on any atom is -0.496 e. The topological polar surface area (TPSA) is 93.4 Å². The van der Waals surface area contributed by atoms with Crippen molar-refractivity contribution >= 4 is 61.2 Å². The zero-order valence-electron chi connectivity index (χ0n) is 15.8. The van der Waals surface area contributed by atoms with Crippen molar-refractivity contribution in [2.24, 2.45) is 0 Å². The maximum Gasteiger partial charge on any atom is 0.257 e. The summed E-state index contributed by atoms with van der Waals surface area (Å²) in [5.74, 6) is 1.05. The normalized spacial score (nSPS) is 10.8. The van der Waals surface area contributed by atoms with Crippen LogP contribution in [0.15, 0.2) is 46.9 Å². The first-order chi connectivity index (χ1) is 14.4. The number of aromatic nitrogens is 4. The molecule has 30 heavy (non-hydrogen) atoms. The molecule has 1 amide bonds. The van der Waals surface area contributed by atoms with Crippen molar-refractivity contribution in [2.45, 2.75) is 6.92 Å². The maximum atomic E-state index is 12.5. The fraction of sp³-hybridized carbons (Fsp3) is 0.105. The number of nitrogens with one attached hydrogen (secondary N) is 2. The molecule has 2 N–H and O–H groups in total. The number of carbonyl (C=O) groups is 1. The Morgan fingerprint density at radius 2 is 2.07 bits per heavy atom. The molecule has 0 aliphatic rings. The van der Waals surface area contributed by atoms with Crippen molar-refractivity contribution in [3.05, 3.63) is 58.3 Å². The number of rotatable bonds is 4. The second kappa shape index (κ2) is 8.46. The summed E-state index contributed by atoms with van der Waals surface area (Å²) in [6.07, 6.45) is 0. The van der Waals surface area contributed by atoms with Crippen LogP contribution in [0, 0.1) is 6.92 Å². The van der Waals surface area contributed by atoms with E-state index in [0.29, 0.717) is 15.8 Å². The van der Waals surface area contributed by atoms with E-state index < -0.39 is 0 Å². The number of benzene rings is 2. The van der Waals surface area contributed by atoms with Crippen LogP contribution in [0.4, 0.5) is 5.69 Å². The number of ether oxygens (including phenoxy) is 1. The summed E-state index contributed by atoms with van der Waals surface area (Å²) in [5.41, 5.74) is 2.09. The van der Waals surface area contributed by atoms with Crippen molar-refractivity contribution in [2.75, 3.05) is 12.4 Å². The average molecular weight is 503 g/mol. The van der Waals surface area contributed by atoms with Crippen LogP contribution >= 0.6 is 39.5 Å². The number of aryl methyl sites for hydroxylation is 1. The van der Waals surface area contributed by atoms with E-state index in [4.69, 9.17) is 17.0 Å². The molecule has 152 valence electrons.